The zero-order valence-electron chi connectivity index (χ0n) is 9.30. The summed E-state index contributed by atoms with van der Waals surface area (Å²) in [6, 6.07) is 4.61. The number of carbonyl (C=O) groups excluding carboxylic acids is 1. The van der Waals surface area contributed by atoms with E-state index in [1.165, 1.54) is 12.1 Å². The highest BCUT2D eigenvalue weighted by Gasteiger charge is 2.48. The van der Waals surface area contributed by atoms with Crippen molar-refractivity contribution in [2.45, 2.75) is 13.3 Å². The van der Waals surface area contributed by atoms with Gasteiger partial charge in [0.1, 0.15) is 5.75 Å². The van der Waals surface area contributed by atoms with Crippen molar-refractivity contribution in [2.24, 2.45) is 11.8 Å². The van der Waals surface area contributed by atoms with Crippen LogP contribution < -0.4 is 5.32 Å². The number of phenols is 1. The fourth-order valence-corrected chi connectivity index (χ4v) is 1.77. The minimum atomic E-state index is -0.924. The number of carbonyl (C=O) groups is 2. The number of nitrogens with one attached hydrogen (secondary N) is 1. The molecule has 1 fully saturated rings. The molecule has 3 N–H and O–H groups in total. The smallest absolute Gasteiger partial charge is 0.307 e. The first-order valence-corrected chi connectivity index (χ1v) is 5.32. The molecule has 0 heterocycles. The summed E-state index contributed by atoms with van der Waals surface area (Å²) in [6.45, 7) is 1.76. The third-order valence-electron chi connectivity index (χ3n) is 2.91. The van der Waals surface area contributed by atoms with E-state index < -0.39 is 17.8 Å². The standard InChI is InChI=1S/C12H13NO4/c1-6-4-7(14)2-3-10(6)13-11(15)8-5-9(8)12(16)17/h2-4,8-9,14H,5H2,1H3,(H,13,15)(H,16,17). The number of rotatable bonds is 3. The van der Waals surface area contributed by atoms with Crippen LogP contribution in [-0.4, -0.2) is 22.1 Å². The van der Waals surface area contributed by atoms with Crippen molar-refractivity contribution in [3.63, 3.8) is 0 Å². The molecule has 0 aliphatic heterocycles. The second-order valence-corrected chi connectivity index (χ2v) is 4.28. The highest BCUT2D eigenvalue weighted by molar-refractivity contribution is 5.98. The normalized spacial score (nSPS) is 21.9. The van der Waals surface area contributed by atoms with E-state index in [1.807, 2.05) is 0 Å². The van der Waals surface area contributed by atoms with Gasteiger partial charge < -0.3 is 15.5 Å². The number of anilines is 1. The lowest BCUT2D eigenvalue weighted by atomic mass is 10.2. The SMILES string of the molecule is Cc1cc(O)ccc1NC(=O)C1CC1C(=O)O. The molecule has 0 bridgehead atoms. The maximum Gasteiger partial charge on any atom is 0.307 e. The van der Waals surface area contributed by atoms with Crippen molar-refractivity contribution in [1.29, 1.82) is 0 Å². The molecule has 5 nitrogen and oxygen atoms in total. The Morgan fingerprint density at radius 3 is 2.59 bits per heavy atom. The first-order chi connectivity index (χ1) is 7.99. The second kappa shape index (κ2) is 4.08. The Hall–Kier alpha value is -2.04. The summed E-state index contributed by atoms with van der Waals surface area (Å²) in [5.41, 5.74) is 1.34. The van der Waals surface area contributed by atoms with Gasteiger partial charge in [-0.05, 0) is 37.1 Å². The van der Waals surface area contributed by atoms with Crippen molar-refractivity contribution in [3.05, 3.63) is 23.8 Å². The molecule has 17 heavy (non-hydrogen) atoms. The van der Waals surface area contributed by atoms with Crippen LogP contribution in [0.15, 0.2) is 18.2 Å². The molecule has 0 saturated heterocycles. The molecule has 2 atom stereocenters. The minimum absolute atomic E-state index is 0.135. The highest BCUT2D eigenvalue weighted by atomic mass is 16.4. The number of hydrogen-bond acceptors (Lipinski definition) is 3. The Balaban J connectivity index is 2.02. The van der Waals surface area contributed by atoms with Crippen molar-refractivity contribution in [2.75, 3.05) is 5.32 Å². The van der Waals surface area contributed by atoms with Crippen LogP contribution in [0.2, 0.25) is 0 Å². The fourth-order valence-electron chi connectivity index (χ4n) is 1.77. The van der Waals surface area contributed by atoms with Gasteiger partial charge in [-0.1, -0.05) is 0 Å². The van der Waals surface area contributed by atoms with E-state index >= 15 is 0 Å². The lowest BCUT2D eigenvalue weighted by Gasteiger charge is -2.08. The number of phenolic OH excluding ortho intramolecular Hbond substituents is 1. The maximum absolute atomic E-state index is 11.7. The lowest BCUT2D eigenvalue weighted by molar-refractivity contribution is -0.139. The molecule has 0 aromatic heterocycles. The van der Waals surface area contributed by atoms with E-state index in [2.05, 4.69) is 5.32 Å². The van der Waals surface area contributed by atoms with Crippen LogP contribution in [0.25, 0.3) is 0 Å². The Kier molecular flexibility index (Phi) is 2.75. The van der Waals surface area contributed by atoms with E-state index in [9.17, 15) is 14.7 Å². The number of hydrogen-bond donors (Lipinski definition) is 3. The zero-order valence-corrected chi connectivity index (χ0v) is 9.30. The molecule has 1 saturated carbocycles. The molecule has 1 aliphatic rings. The van der Waals surface area contributed by atoms with Gasteiger partial charge in [0, 0.05) is 5.69 Å². The summed E-state index contributed by atoms with van der Waals surface area (Å²) in [7, 11) is 0. The van der Waals surface area contributed by atoms with Crippen LogP contribution in [0.5, 0.6) is 5.75 Å². The molecular weight excluding hydrogens is 222 g/mol. The fraction of sp³-hybridized carbons (Fsp3) is 0.333. The molecule has 2 rings (SSSR count). The molecule has 1 aliphatic carbocycles. The molecule has 1 amide bonds. The summed E-state index contributed by atoms with van der Waals surface area (Å²) in [5.74, 6) is -2.04. The second-order valence-electron chi connectivity index (χ2n) is 4.28. The van der Waals surface area contributed by atoms with Gasteiger partial charge in [0.15, 0.2) is 0 Å². The molecule has 2 unspecified atom stereocenters. The summed E-state index contributed by atoms with van der Waals surface area (Å²) >= 11 is 0. The van der Waals surface area contributed by atoms with Gasteiger partial charge in [-0.25, -0.2) is 0 Å². The van der Waals surface area contributed by atoms with E-state index in [1.54, 1.807) is 13.0 Å². The van der Waals surface area contributed by atoms with Crippen LogP contribution >= 0.6 is 0 Å². The van der Waals surface area contributed by atoms with E-state index in [-0.39, 0.29) is 11.7 Å². The Bertz CT molecular complexity index is 483. The van der Waals surface area contributed by atoms with Crippen LogP contribution in [0.1, 0.15) is 12.0 Å². The van der Waals surface area contributed by atoms with Gasteiger partial charge in [-0.2, -0.15) is 0 Å². The average molecular weight is 235 g/mol. The van der Waals surface area contributed by atoms with Crippen molar-refractivity contribution in [3.8, 4) is 5.75 Å². The zero-order chi connectivity index (χ0) is 12.6. The predicted molar refractivity (Wildman–Crippen MR) is 60.7 cm³/mol. The number of aromatic hydroxyl groups is 1. The number of aliphatic carboxylic acids is 1. The van der Waals surface area contributed by atoms with Gasteiger partial charge in [-0.3, -0.25) is 9.59 Å². The molecule has 1 aromatic rings. The third kappa shape index (κ3) is 2.38. The predicted octanol–water partition coefficient (Wildman–Crippen LogP) is 1.36. The van der Waals surface area contributed by atoms with Gasteiger partial charge in [-0.15, -0.1) is 0 Å². The van der Waals surface area contributed by atoms with Crippen molar-refractivity contribution in [1.82, 2.24) is 0 Å². The molecular formula is C12H13NO4. The number of carboxylic acids is 1. The molecule has 1 aromatic carbocycles. The number of carboxylic acid groups (broad SMARTS) is 1. The molecule has 0 radical (unpaired) electrons. The Morgan fingerprint density at radius 2 is 2.06 bits per heavy atom. The first-order valence-electron chi connectivity index (χ1n) is 5.32. The minimum Gasteiger partial charge on any atom is -0.508 e. The van der Waals surface area contributed by atoms with Gasteiger partial charge in [0.2, 0.25) is 5.91 Å². The lowest BCUT2D eigenvalue weighted by Crippen LogP contribution is -2.17. The molecule has 5 heteroatoms. The summed E-state index contributed by atoms with van der Waals surface area (Å²) in [4.78, 5) is 22.3. The number of aryl methyl sites for hydroxylation is 1. The first kappa shape index (κ1) is 11.4. The van der Waals surface area contributed by atoms with Gasteiger partial charge in [0.25, 0.3) is 0 Å². The topological polar surface area (TPSA) is 86.6 Å². The van der Waals surface area contributed by atoms with E-state index in [0.29, 0.717) is 12.1 Å². The number of benzene rings is 1. The summed E-state index contributed by atoms with van der Waals surface area (Å²) in [5, 5.41) is 20.6. The maximum atomic E-state index is 11.7. The van der Waals surface area contributed by atoms with Gasteiger partial charge in [0.05, 0.1) is 11.8 Å². The Labute approximate surface area is 98.1 Å². The average Bonchev–Trinajstić information content (AvgIpc) is 3.01. The monoisotopic (exact) mass is 235 g/mol. The quantitative estimate of drug-likeness (QED) is 0.690. The largest absolute Gasteiger partial charge is 0.508 e. The highest BCUT2D eigenvalue weighted by Crippen LogP contribution is 2.39. The summed E-state index contributed by atoms with van der Waals surface area (Å²) in [6.07, 6.45) is 0.401. The summed E-state index contributed by atoms with van der Waals surface area (Å²) < 4.78 is 0. The van der Waals surface area contributed by atoms with E-state index in [4.69, 9.17) is 5.11 Å². The van der Waals surface area contributed by atoms with Crippen LogP contribution in [0.4, 0.5) is 5.69 Å². The van der Waals surface area contributed by atoms with Crippen LogP contribution in [0, 0.1) is 18.8 Å². The van der Waals surface area contributed by atoms with Crippen LogP contribution in [-0.2, 0) is 9.59 Å². The third-order valence-corrected chi connectivity index (χ3v) is 2.91. The van der Waals surface area contributed by atoms with E-state index in [0.717, 1.165) is 5.56 Å². The molecule has 90 valence electrons. The molecule has 0 spiro atoms. The van der Waals surface area contributed by atoms with Gasteiger partial charge >= 0.3 is 5.97 Å². The van der Waals surface area contributed by atoms with Crippen molar-refractivity contribution < 1.29 is 19.8 Å². The van der Waals surface area contributed by atoms with Crippen LogP contribution in [0.3, 0.4) is 0 Å². The van der Waals surface area contributed by atoms with Crippen molar-refractivity contribution >= 4 is 17.6 Å². The number of amides is 1. The Morgan fingerprint density at radius 1 is 1.35 bits per heavy atom.